The minimum absolute atomic E-state index is 0.120. The van der Waals surface area contributed by atoms with Gasteiger partial charge in [0.25, 0.3) is 0 Å². The van der Waals surface area contributed by atoms with E-state index < -0.39 is 0 Å². The first-order valence-corrected chi connectivity index (χ1v) is 11.6. The lowest BCUT2D eigenvalue weighted by molar-refractivity contribution is -0.116. The molecule has 5 atom stereocenters. The highest BCUT2D eigenvalue weighted by atomic mass is 16.1. The summed E-state index contributed by atoms with van der Waals surface area (Å²) < 4.78 is 0. The van der Waals surface area contributed by atoms with Crippen molar-refractivity contribution in [3.8, 4) is 0 Å². The van der Waals surface area contributed by atoms with Crippen molar-refractivity contribution in [1.82, 2.24) is 10.3 Å². The van der Waals surface area contributed by atoms with Crippen LogP contribution in [0.5, 0.6) is 0 Å². The minimum atomic E-state index is 0.120. The van der Waals surface area contributed by atoms with Gasteiger partial charge >= 0.3 is 0 Å². The highest BCUT2D eigenvalue weighted by Gasteiger charge is 2.56. The molecule has 1 aliphatic heterocycles. The molecule has 1 N–H and O–H groups in total. The van der Waals surface area contributed by atoms with Crippen molar-refractivity contribution in [3.63, 3.8) is 0 Å². The Bertz CT molecular complexity index is 826. The first-order chi connectivity index (χ1) is 14.0. The van der Waals surface area contributed by atoms with Crippen molar-refractivity contribution in [2.45, 2.75) is 66.2 Å². The van der Waals surface area contributed by atoms with E-state index in [9.17, 15) is 4.79 Å². The molecule has 156 valence electrons. The van der Waals surface area contributed by atoms with E-state index in [0.717, 1.165) is 31.2 Å². The van der Waals surface area contributed by atoms with Crippen LogP contribution in [0.4, 0.5) is 0 Å². The lowest BCUT2D eigenvalue weighted by Gasteiger charge is -2.57. The van der Waals surface area contributed by atoms with Gasteiger partial charge in [0, 0.05) is 25.0 Å². The fraction of sp³-hybridized carbons (Fsp3) is 0.615. The van der Waals surface area contributed by atoms with Gasteiger partial charge in [-0.2, -0.15) is 0 Å². The van der Waals surface area contributed by atoms with Crippen LogP contribution in [0.1, 0.15) is 71.8 Å². The third kappa shape index (κ3) is 3.17. The standard InChI is InChI=1S/C24H30N2O.C2H6/c1-23-11-13-26-22(27)14-17(23)5-6-18-20-8-7-19(16-4-3-12-25-15-16)24(20,2)10-9-21(18)23;1-2/h3-4,7,12,14-15,18,20-21H,5-6,8-11,13H2,1-2H3,(H,26,27);1-2H3. The lowest BCUT2D eigenvalue weighted by Crippen LogP contribution is -2.49. The Morgan fingerprint density at radius 2 is 1.93 bits per heavy atom. The van der Waals surface area contributed by atoms with Gasteiger partial charge in [0.1, 0.15) is 0 Å². The van der Waals surface area contributed by atoms with Gasteiger partial charge < -0.3 is 5.32 Å². The van der Waals surface area contributed by atoms with Crippen LogP contribution in [0.3, 0.4) is 0 Å². The van der Waals surface area contributed by atoms with Crippen molar-refractivity contribution in [1.29, 1.82) is 0 Å². The summed E-state index contributed by atoms with van der Waals surface area (Å²) in [5.74, 6) is 2.33. The Labute approximate surface area is 176 Å². The Morgan fingerprint density at radius 3 is 2.69 bits per heavy atom. The molecule has 3 heteroatoms. The van der Waals surface area contributed by atoms with E-state index in [1.807, 2.05) is 32.3 Å². The number of amides is 1. The van der Waals surface area contributed by atoms with Crippen LogP contribution in [-0.4, -0.2) is 17.4 Å². The maximum Gasteiger partial charge on any atom is 0.243 e. The number of fused-ring (bicyclic) bond motifs is 5. The van der Waals surface area contributed by atoms with Crippen LogP contribution in [0, 0.1) is 28.6 Å². The average molecular weight is 393 g/mol. The number of nitrogens with zero attached hydrogens (tertiary/aromatic N) is 1. The van der Waals surface area contributed by atoms with E-state index in [4.69, 9.17) is 0 Å². The summed E-state index contributed by atoms with van der Waals surface area (Å²) in [7, 11) is 0. The highest BCUT2D eigenvalue weighted by Crippen LogP contribution is 2.66. The van der Waals surface area contributed by atoms with Crippen molar-refractivity contribution in [2.24, 2.45) is 28.6 Å². The second-order valence-corrected chi connectivity index (χ2v) is 9.59. The Hall–Kier alpha value is -1.90. The zero-order valence-electron chi connectivity index (χ0n) is 18.5. The number of aromatic nitrogens is 1. The van der Waals surface area contributed by atoms with Crippen molar-refractivity contribution < 1.29 is 4.79 Å². The number of pyridine rings is 1. The van der Waals surface area contributed by atoms with Gasteiger partial charge in [-0.3, -0.25) is 9.78 Å². The van der Waals surface area contributed by atoms with E-state index >= 15 is 0 Å². The van der Waals surface area contributed by atoms with E-state index in [2.05, 4.69) is 42.4 Å². The molecule has 5 unspecified atom stereocenters. The molecule has 1 aromatic rings. The first-order valence-electron chi connectivity index (χ1n) is 11.6. The van der Waals surface area contributed by atoms with Crippen LogP contribution >= 0.6 is 0 Å². The molecule has 3 aliphatic carbocycles. The van der Waals surface area contributed by atoms with Crippen LogP contribution in [0.15, 0.2) is 42.3 Å². The van der Waals surface area contributed by atoms with Gasteiger partial charge in [-0.1, -0.05) is 45.4 Å². The molecule has 2 fully saturated rings. The van der Waals surface area contributed by atoms with Crippen molar-refractivity contribution >= 4 is 11.5 Å². The minimum Gasteiger partial charge on any atom is -0.353 e. The second-order valence-electron chi connectivity index (χ2n) is 9.59. The topological polar surface area (TPSA) is 42.0 Å². The van der Waals surface area contributed by atoms with Crippen LogP contribution in [-0.2, 0) is 4.79 Å². The summed E-state index contributed by atoms with van der Waals surface area (Å²) in [6.07, 6.45) is 15.5. The zero-order valence-corrected chi connectivity index (χ0v) is 18.5. The van der Waals surface area contributed by atoms with Crippen LogP contribution in [0.2, 0.25) is 0 Å². The SMILES string of the molecule is CC.CC12CCNC(=O)C=C1CCC1C2CCC2(C)C(c3cccnc3)=CCC12. The van der Waals surface area contributed by atoms with E-state index in [1.165, 1.54) is 42.4 Å². The molecular weight excluding hydrogens is 356 g/mol. The molecule has 2 heterocycles. The van der Waals surface area contributed by atoms with Crippen molar-refractivity contribution in [3.05, 3.63) is 47.8 Å². The summed E-state index contributed by atoms with van der Waals surface area (Å²) in [6.45, 7) is 9.77. The molecule has 0 saturated heterocycles. The number of hydrogen-bond acceptors (Lipinski definition) is 2. The highest BCUT2D eigenvalue weighted by molar-refractivity contribution is 5.88. The van der Waals surface area contributed by atoms with E-state index in [0.29, 0.717) is 5.92 Å². The van der Waals surface area contributed by atoms with Gasteiger partial charge in [0.2, 0.25) is 5.91 Å². The third-order valence-electron chi connectivity index (χ3n) is 8.54. The molecule has 3 nitrogen and oxygen atoms in total. The van der Waals surface area contributed by atoms with Crippen LogP contribution in [0.25, 0.3) is 5.57 Å². The molecule has 0 radical (unpaired) electrons. The van der Waals surface area contributed by atoms with Gasteiger partial charge in [-0.05, 0) is 84.3 Å². The van der Waals surface area contributed by atoms with Gasteiger partial charge in [-0.25, -0.2) is 0 Å². The van der Waals surface area contributed by atoms with Crippen molar-refractivity contribution in [2.75, 3.05) is 6.54 Å². The molecule has 5 rings (SSSR count). The molecule has 4 aliphatic rings. The summed E-state index contributed by atoms with van der Waals surface area (Å²) in [4.78, 5) is 16.4. The van der Waals surface area contributed by atoms with Gasteiger partial charge in [-0.15, -0.1) is 0 Å². The second kappa shape index (κ2) is 7.74. The van der Waals surface area contributed by atoms with E-state index in [-0.39, 0.29) is 16.7 Å². The largest absolute Gasteiger partial charge is 0.353 e. The summed E-state index contributed by atoms with van der Waals surface area (Å²) in [5, 5.41) is 3.07. The Kier molecular flexibility index (Phi) is 5.44. The predicted octanol–water partition coefficient (Wildman–Crippen LogP) is 5.79. The average Bonchev–Trinajstić information content (AvgIpc) is 3.01. The molecule has 1 aromatic heterocycles. The molecule has 0 aromatic carbocycles. The molecule has 1 amide bonds. The Balaban J connectivity index is 0.000000994. The third-order valence-corrected chi connectivity index (χ3v) is 8.54. The number of allylic oxidation sites excluding steroid dienone is 3. The maximum absolute atomic E-state index is 12.1. The zero-order chi connectivity index (χ0) is 20.6. The fourth-order valence-electron chi connectivity index (χ4n) is 7.10. The molecule has 2 saturated carbocycles. The number of hydrogen-bond donors (Lipinski definition) is 1. The maximum atomic E-state index is 12.1. The predicted molar refractivity (Wildman–Crippen MR) is 119 cm³/mol. The lowest BCUT2D eigenvalue weighted by atomic mass is 9.47. The number of carbonyl (C=O) groups excluding carboxylic acids is 1. The van der Waals surface area contributed by atoms with Crippen LogP contribution < -0.4 is 5.32 Å². The number of carbonyl (C=O) groups is 1. The molecule has 29 heavy (non-hydrogen) atoms. The summed E-state index contributed by atoms with van der Waals surface area (Å²) in [6, 6.07) is 4.29. The molecule has 0 spiro atoms. The monoisotopic (exact) mass is 392 g/mol. The Morgan fingerprint density at radius 1 is 1.10 bits per heavy atom. The number of nitrogens with one attached hydrogen (secondary N) is 1. The van der Waals surface area contributed by atoms with E-state index in [1.54, 1.807) is 0 Å². The quantitative estimate of drug-likeness (QED) is 0.657. The smallest absolute Gasteiger partial charge is 0.243 e. The molecular formula is C26H36N2O. The fourth-order valence-corrected chi connectivity index (χ4v) is 7.10. The van der Waals surface area contributed by atoms with Gasteiger partial charge in [0.05, 0.1) is 0 Å². The normalized spacial score (nSPS) is 38.1. The summed E-state index contributed by atoms with van der Waals surface area (Å²) in [5.41, 5.74) is 4.73. The first kappa shape index (κ1) is 20.4. The summed E-state index contributed by atoms with van der Waals surface area (Å²) >= 11 is 0. The number of rotatable bonds is 1. The molecule has 0 bridgehead atoms. The van der Waals surface area contributed by atoms with Gasteiger partial charge in [0.15, 0.2) is 0 Å².